The van der Waals surface area contributed by atoms with Crippen molar-refractivity contribution in [1.82, 2.24) is 15.5 Å². The molecule has 2 heterocycles. The average molecular weight is 357 g/mol. The number of nitrogens with one attached hydrogen (secondary N) is 1. The minimum atomic E-state index is -0.110. The summed E-state index contributed by atoms with van der Waals surface area (Å²) in [6.45, 7) is 0.785. The second-order valence-corrected chi connectivity index (χ2v) is 5.36. The van der Waals surface area contributed by atoms with E-state index in [0.717, 1.165) is 11.5 Å². The number of aryl methyl sites for hydroxylation is 1. The number of ether oxygens (including phenoxy) is 2. The summed E-state index contributed by atoms with van der Waals surface area (Å²) in [6.07, 6.45) is 2.15. The highest BCUT2D eigenvalue weighted by Crippen LogP contribution is 2.17. The number of amides is 1. The molecule has 0 saturated heterocycles. The lowest BCUT2D eigenvalue weighted by Crippen LogP contribution is -2.28. The second kappa shape index (κ2) is 8.70. The molecule has 0 unspecified atom stereocenters. The van der Waals surface area contributed by atoms with E-state index in [1.54, 1.807) is 19.2 Å². The second-order valence-electron chi connectivity index (χ2n) is 5.36. The third kappa shape index (κ3) is 4.85. The van der Waals surface area contributed by atoms with Crippen molar-refractivity contribution in [3.8, 4) is 23.1 Å². The van der Waals surface area contributed by atoms with Gasteiger partial charge < -0.3 is 23.7 Å². The van der Waals surface area contributed by atoms with Crippen LogP contribution in [0.25, 0.3) is 11.6 Å². The summed E-state index contributed by atoms with van der Waals surface area (Å²) < 4.78 is 20.9. The van der Waals surface area contributed by atoms with Gasteiger partial charge in [-0.3, -0.25) is 4.79 Å². The van der Waals surface area contributed by atoms with Crippen molar-refractivity contribution in [2.75, 3.05) is 20.3 Å². The third-order valence-corrected chi connectivity index (χ3v) is 3.53. The molecule has 1 aromatic carbocycles. The summed E-state index contributed by atoms with van der Waals surface area (Å²) in [5.41, 5.74) is 0. The molecular weight excluding hydrogens is 338 g/mol. The number of aromatic nitrogens is 2. The Labute approximate surface area is 150 Å². The fourth-order valence-corrected chi connectivity index (χ4v) is 2.20. The zero-order valence-corrected chi connectivity index (χ0v) is 14.3. The molecule has 3 rings (SSSR count). The van der Waals surface area contributed by atoms with Crippen molar-refractivity contribution in [2.45, 2.75) is 12.8 Å². The molecule has 0 aliphatic heterocycles. The zero-order chi connectivity index (χ0) is 18.2. The number of carbonyl (C=O) groups excluding carboxylic acids is 1. The summed E-state index contributed by atoms with van der Waals surface area (Å²) in [5.74, 6) is 2.67. The highest BCUT2D eigenvalue weighted by Gasteiger charge is 2.12. The first kappa shape index (κ1) is 17.5. The lowest BCUT2D eigenvalue weighted by atomic mass is 10.3. The Hall–Kier alpha value is -3.29. The van der Waals surface area contributed by atoms with Crippen molar-refractivity contribution >= 4 is 5.91 Å². The summed E-state index contributed by atoms with van der Waals surface area (Å²) in [6, 6.07) is 10.7. The smallest absolute Gasteiger partial charge is 0.238 e. The van der Waals surface area contributed by atoms with Gasteiger partial charge in [0.2, 0.25) is 17.6 Å². The molecule has 0 bridgehead atoms. The quantitative estimate of drug-likeness (QED) is 0.587. The maximum absolute atomic E-state index is 11.9. The Morgan fingerprint density at radius 1 is 1.19 bits per heavy atom. The molecule has 0 fully saturated rings. The molecule has 0 saturated carbocycles. The van der Waals surface area contributed by atoms with Crippen molar-refractivity contribution < 1.29 is 23.2 Å². The van der Waals surface area contributed by atoms with E-state index in [4.69, 9.17) is 18.4 Å². The SMILES string of the molecule is COc1ccc(OCCNC(=O)CCc2nc(-c3ccco3)no2)cc1. The van der Waals surface area contributed by atoms with Crippen LogP contribution in [0.1, 0.15) is 12.3 Å². The van der Waals surface area contributed by atoms with Crippen LogP contribution in [-0.2, 0) is 11.2 Å². The van der Waals surface area contributed by atoms with Gasteiger partial charge in [0, 0.05) is 12.8 Å². The van der Waals surface area contributed by atoms with E-state index >= 15 is 0 Å². The molecule has 0 spiro atoms. The van der Waals surface area contributed by atoms with Crippen molar-refractivity contribution in [2.24, 2.45) is 0 Å². The van der Waals surface area contributed by atoms with E-state index in [-0.39, 0.29) is 12.3 Å². The monoisotopic (exact) mass is 357 g/mol. The number of hydrogen-bond donors (Lipinski definition) is 1. The van der Waals surface area contributed by atoms with Gasteiger partial charge in [-0.15, -0.1) is 0 Å². The highest BCUT2D eigenvalue weighted by molar-refractivity contribution is 5.76. The molecule has 8 nitrogen and oxygen atoms in total. The van der Waals surface area contributed by atoms with E-state index in [1.807, 2.05) is 24.3 Å². The van der Waals surface area contributed by atoms with E-state index in [1.165, 1.54) is 6.26 Å². The number of hydrogen-bond acceptors (Lipinski definition) is 7. The standard InChI is InChI=1S/C18H19N3O5/c1-23-13-4-6-14(7-5-13)24-12-10-19-16(22)8-9-17-20-18(21-26-17)15-3-2-11-25-15/h2-7,11H,8-10,12H2,1H3,(H,19,22). The molecule has 1 N–H and O–H groups in total. The topological polar surface area (TPSA) is 99.6 Å². The number of furan rings is 1. The zero-order valence-electron chi connectivity index (χ0n) is 14.3. The number of carbonyl (C=O) groups is 1. The molecule has 0 aliphatic rings. The first-order chi connectivity index (χ1) is 12.7. The minimum Gasteiger partial charge on any atom is -0.497 e. The van der Waals surface area contributed by atoms with Gasteiger partial charge in [0.15, 0.2) is 5.76 Å². The van der Waals surface area contributed by atoms with E-state index in [9.17, 15) is 4.79 Å². The molecule has 1 amide bonds. The minimum absolute atomic E-state index is 0.110. The molecular formula is C18H19N3O5. The molecule has 0 radical (unpaired) electrons. The van der Waals surface area contributed by atoms with Crippen molar-refractivity contribution in [3.63, 3.8) is 0 Å². The molecule has 0 atom stereocenters. The number of benzene rings is 1. The van der Waals surface area contributed by atoms with Crippen molar-refractivity contribution in [3.05, 3.63) is 48.6 Å². The van der Waals surface area contributed by atoms with Crippen LogP contribution in [0.15, 0.2) is 51.6 Å². The van der Waals surface area contributed by atoms with Crippen LogP contribution in [0.2, 0.25) is 0 Å². The first-order valence-corrected chi connectivity index (χ1v) is 8.14. The molecule has 26 heavy (non-hydrogen) atoms. The normalized spacial score (nSPS) is 10.5. The summed E-state index contributed by atoms with van der Waals surface area (Å²) in [7, 11) is 1.61. The van der Waals surface area contributed by atoms with Crippen LogP contribution >= 0.6 is 0 Å². The van der Waals surface area contributed by atoms with Gasteiger partial charge in [0.05, 0.1) is 19.9 Å². The van der Waals surface area contributed by atoms with E-state index in [2.05, 4.69) is 15.5 Å². The van der Waals surface area contributed by atoms with Crippen LogP contribution in [0.4, 0.5) is 0 Å². The number of nitrogens with zero attached hydrogens (tertiary/aromatic N) is 2. The molecule has 0 aliphatic carbocycles. The Morgan fingerprint density at radius 3 is 2.73 bits per heavy atom. The number of methoxy groups -OCH3 is 1. The van der Waals surface area contributed by atoms with Crippen LogP contribution in [0.3, 0.4) is 0 Å². The fraction of sp³-hybridized carbons (Fsp3) is 0.278. The highest BCUT2D eigenvalue weighted by atomic mass is 16.5. The van der Waals surface area contributed by atoms with Gasteiger partial charge in [-0.1, -0.05) is 5.16 Å². The molecule has 2 aromatic heterocycles. The molecule has 8 heteroatoms. The van der Waals surface area contributed by atoms with Crippen LogP contribution in [0, 0.1) is 0 Å². The maximum atomic E-state index is 11.9. The van der Waals surface area contributed by atoms with Gasteiger partial charge in [-0.05, 0) is 36.4 Å². The van der Waals surface area contributed by atoms with Gasteiger partial charge in [-0.2, -0.15) is 4.98 Å². The summed E-state index contributed by atoms with van der Waals surface area (Å²) in [5, 5.41) is 6.60. The summed E-state index contributed by atoms with van der Waals surface area (Å²) >= 11 is 0. The lowest BCUT2D eigenvalue weighted by molar-refractivity contribution is -0.121. The van der Waals surface area contributed by atoms with Crippen LogP contribution < -0.4 is 14.8 Å². The van der Waals surface area contributed by atoms with Gasteiger partial charge in [0.25, 0.3) is 0 Å². The predicted molar refractivity (Wildman–Crippen MR) is 91.8 cm³/mol. The van der Waals surface area contributed by atoms with E-state index < -0.39 is 0 Å². The Balaban J connectivity index is 1.34. The Bertz CT molecular complexity index is 812. The van der Waals surface area contributed by atoms with Gasteiger partial charge in [-0.25, -0.2) is 0 Å². The van der Waals surface area contributed by atoms with E-state index in [0.29, 0.717) is 37.0 Å². The Morgan fingerprint density at radius 2 is 2.00 bits per heavy atom. The summed E-state index contributed by atoms with van der Waals surface area (Å²) in [4.78, 5) is 16.0. The van der Waals surface area contributed by atoms with Gasteiger partial charge >= 0.3 is 0 Å². The number of rotatable bonds is 9. The lowest BCUT2D eigenvalue weighted by Gasteiger charge is -2.08. The predicted octanol–water partition coefficient (Wildman–Crippen LogP) is 2.47. The molecule has 3 aromatic rings. The maximum Gasteiger partial charge on any atom is 0.238 e. The third-order valence-electron chi connectivity index (χ3n) is 3.53. The van der Waals surface area contributed by atoms with Gasteiger partial charge in [0.1, 0.15) is 18.1 Å². The fourth-order valence-electron chi connectivity index (χ4n) is 2.20. The average Bonchev–Trinajstić information content (AvgIpc) is 3.35. The largest absolute Gasteiger partial charge is 0.497 e. The van der Waals surface area contributed by atoms with Crippen LogP contribution in [-0.4, -0.2) is 36.3 Å². The van der Waals surface area contributed by atoms with Crippen molar-refractivity contribution in [1.29, 1.82) is 0 Å². The molecule has 136 valence electrons. The van der Waals surface area contributed by atoms with Crippen LogP contribution in [0.5, 0.6) is 11.5 Å². The first-order valence-electron chi connectivity index (χ1n) is 8.14. The Kier molecular flexibility index (Phi) is 5.87.